The van der Waals surface area contributed by atoms with Crippen LogP contribution in [0, 0.1) is 5.92 Å². The van der Waals surface area contributed by atoms with Crippen LogP contribution in [0.4, 0.5) is 4.79 Å². The molecule has 182 valence electrons. The monoisotopic (exact) mass is 493 g/mol. The Labute approximate surface area is 207 Å². The van der Waals surface area contributed by atoms with E-state index >= 15 is 0 Å². The Balaban J connectivity index is 1.27. The summed E-state index contributed by atoms with van der Waals surface area (Å²) < 4.78 is 5.52. The number of nitrogens with one attached hydrogen (secondary N) is 2. The normalized spacial score (nSPS) is 12.9. The van der Waals surface area contributed by atoms with Crippen LogP contribution >= 0.6 is 11.3 Å². The van der Waals surface area contributed by atoms with Crippen molar-refractivity contribution in [2.75, 3.05) is 13.2 Å². The van der Waals surface area contributed by atoms with Gasteiger partial charge in [-0.1, -0.05) is 61.9 Å². The molecule has 0 saturated heterocycles. The molecule has 0 spiro atoms. The van der Waals surface area contributed by atoms with Gasteiger partial charge in [-0.2, -0.15) is 0 Å². The minimum absolute atomic E-state index is 0.0225. The summed E-state index contributed by atoms with van der Waals surface area (Å²) >= 11 is 1.14. The van der Waals surface area contributed by atoms with E-state index in [0.29, 0.717) is 16.3 Å². The van der Waals surface area contributed by atoms with Gasteiger partial charge in [-0.25, -0.2) is 9.78 Å². The van der Waals surface area contributed by atoms with E-state index < -0.39 is 18.0 Å². The van der Waals surface area contributed by atoms with Gasteiger partial charge in [-0.3, -0.25) is 9.59 Å². The SMILES string of the molecule is CCCC(CNC(=O)c1cnc(CNC(=O)OCC2c3ccccc3-c3ccccc32)s1)C(=O)O. The second-order valence-corrected chi connectivity index (χ2v) is 9.45. The van der Waals surface area contributed by atoms with Crippen molar-refractivity contribution in [1.29, 1.82) is 0 Å². The highest BCUT2D eigenvalue weighted by Gasteiger charge is 2.29. The summed E-state index contributed by atoms with van der Waals surface area (Å²) in [6.45, 7) is 2.31. The lowest BCUT2D eigenvalue weighted by atomic mass is 9.98. The van der Waals surface area contributed by atoms with Gasteiger partial charge in [0.25, 0.3) is 5.91 Å². The minimum Gasteiger partial charge on any atom is -0.481 e. The maximum Gasteiger partial charge on any atom is 0.407 e. The van der Waals surface area contributed by atoms with Gasteiger partial charge in [0.05, 0.1) is 18.7 Å². The molecule has 2 aromatic carbocycles. The number of nitrogens with zero attached hydrogens (tertiary/aromatic N) is 1. The molecule has 4 rings (SSSR count). The zero-order valence-electron chi connectivity index (χ0n) is 19.3. The number of thiazole rings is 1. The molecule has 0 radical (unpaired) electrons. The molecule has 35 heavy (non-hydrogen) atoms. The van der Waals surface area contributed by atoms with Crippen molar-refractivity contribution < 1.29 is 24.2 Å². The molecule has 0 saturated carbocycles. The number of hydrogen-bond acceptors (Lipinski definition) is 6. The molecule has 1 heterocycles. The van der Waals surface area contributed by atoms with Gasteiger partial charge >= 0.3 is 12.1 Å². The minimum atomic E-state index is -0.926. The van der Waals surface area contributed by atoms with Crippen molar-refractivity contribution in [3.63, 3.8) is 0 Å². The van der Waals surface area contributed by atoms with Crippen LogP contribution in [-0.2, 0) is 16.1 Å². The Morgan fingerprint density at radius 2 is 1.71 bits per heavy atom. The number of alkyl carbamates (subject to hydrolysis) is 1. The van der Waals surface area contributed by atoms with Gasteiger partial charge < -0.3 is 20.5 Å². The van der Waals surface area contributed by atoms with E-state index in [9.17, 15) is 19.5 Å². The first kappa shape index (κ1) is 24.4. The van der Waals surface area contributed by atoms with Crippen LogP contribution in [0.1, 0.15) is 51.5 Å². The molecule has 1 atom stereocenters. The largest absolute Gasteiger partial charge is 0.481 e. The van der Waals surface area contributed by atoms with Crippen molar-refractivity contribution in [3.05, 3.63) is 75.7 Å². The topological polar surface area (TPSA) is 118 Å². The number of carbonyl (C=O) groups excluding carboxylic acids is 2. The number of aliphatic carboxylic acids is 1. The van der Waals surface area contributed by atoms with E-state index in [0.717, 1.165) is 40.0 Å². The van der Waals surface area contributed by atoms with Gasteiger partial charge in [-0.15, -0.1) is 11.3 Å². The lowest BCUT2D eigenvalue weighted by molar-refractivity contribution is -0.141. The molecule has 0 aliphatic heterocycles. The van der Waals surface area contributed by atoms with E-state index in [1.54, 1.807) is 0 Å². The van der Waals surface area contributed by atoms with Crippen LogP contribution in [0.5, 0.6) is 0 Å². The fourth-order valence-electron chi connectivity index (χ4n) is 4.26. The standard InChI is InChI=1S/C26H27N3O5S/c1-2-7-16(25(31)32)12-28-24(30)22-13-27-23(35-22)14-29-26(33)34-15-21-19-10-5-3-8-17(19)18-9-4-6-11-20(18)21/h3-6,8-11,13,16,21H,2,7,12,14-15H2,1H3,(H,28,30)(H,29,33)(H,31,32). The van der Waals surface area contributed by atoms with Crippen molar-refractivity contribution in [3.8, 4) is 11.1 Å². The van der Waals surface area contributed by atoms with Crippen molar-refractivity contribution in [1.82, 2.24) is 15.6 Å². The first-order valence-electron chi connectivity index (χ1n) is 11.5. The van der Waals surface area contributed by atoms with Crippen molar-refractivity contribution >= 4 is 29.3 Å². The number of hydrogen-bond donors (Lipinski definition) is 3. The summed E-state index contributed by atoms with van der Waals surface area (Å²) in [5.74, 6) is -1.95. The highest BCUT2D eigenvalue weighted by atomic mass is 32.1. The maximum atomic E-state index is 12.3. The number of carbonyl (C=O) groups is 3. The molecular weight excluding hydrogens is 466 g/mol. The van der Waals surface area contributed by atoms with Gasteiger partial charge in [0.2, 0.25) is 0 Å². The quantitative estimate of drug-likeness (QED) is 0.385. The van der Waals surface area contributed by atoms with E-state index in [1.165, 1.54) is 6.20 Å². The summed E-state index contributed by atoms with van der Waals surface area (Å²) in [5.41, 5.74) is 4.60. The van der Waals surface area contributed by atoms with Crippen LogP contribution < -0.4 is 10.6 Å². The summed E-state index contributed by atoms with van der Waals surface area (Å²) in [5, 5.41) is 15.1. The van der Waals surface area contributed by atoms with Gasteiger partial charge in [0.1, 0.15) is 16.5 Å². The highest BCUT2D eigenvalue weighted by Crippen LogP contribution is 2.44. The molecule has 2 amide bonds. The molecule has 1 aliphatic carbocycles. The molecule has 1 aromatic heterocycles. The lowest BCUT2D eigenvalue weighted by Gasteiger charge is -2.14. The van der Waals surface area contributed by atoms with Gasteiger partial charge in [-0.05, 0) is 28.7 Å². The number of carboxylic acid groups (broad SMARTS) is 1. The molecule has 1 unspecified atom stereocenters. The predicted octanol–water partition coefficient (Wildman–Crippen LogP) is 4.41. The van der Waals surface area contributed by atoms with Crippen LogP contribution in [0.25, 0.3) is 11.1 Å². The second kappa shape index (κ2) is 11.1. The van der Waals surface area contributed by atoms with Gasteiger partial charge in [0.15, 0.2) is 0 Å². The molecular formula is C26H27N3O5S. The van der Waals surface area contributed by atoms with E-state index in [-0.39, 0.29) is 31.5 Å². The number of benzene rings is 2. The Kier molecular flexibility index (Phi) is 7.77. The van der Waals surface area contributed by atoms with E-state index in [4.69, 9.17) is 4.74 Å². The summed E-state index contributed by atoms with van der Waals surface area (Å²) in [6, 6.07) is 16.3. The second-order valence-electron chi connectivity index (χ2n) is 8.33. The summed E-state index contributed by atoms with van der Waals surface area (Å²) in [7, 11) is 0. The first-order chi connectivity index (χ1) is 17.0. The van der Waals surface area contributed by atoms with Gasteiger partial charge in [0, 0.05) is 12.5 Å². The number of fused-ring (bicyclic) bond motifs is 3. The number of rotatable bonds is 10. The number of ether oxygens (including phenoxy) is 1. The van der Waals surface area contributed by atoms with Crippen LogP contribution in [0.3, 0.4) is 0 Å². The molecule has 1 aliphatic rings. The molecule has 8 nitrogen and oxygen atoms in total. The summed E-state index contributed by atoms with van der Waals surface area (Å²) in [6.07, 6.45) is 2.08. The molecule has 9 heteroatoms. The van der Waals surface area contributed by atoms with Crippen molar-refractivity contribution in [2.24, 2.45) is 5.92 Å². The summed E-state index contributed by atoms with van der Waals surface area (Å²) in [4.78, 5) is 40.5. The average molecular weight is 494 g/mol. The fourth-order valence-corrected chi connectivity index (χ4v) is 5.03. The maximum absolute atomic E-state index is 12.3. The third kappa shape index (κ3) is 5.68. The predicted molar refractivity (Wildman–Crippen MR) is 132 cm³/mol. The number of amides is 2. The van der Waals surface area contributed by atoms with Crippen LogP contribution in [0.15, 0.2) is 54.7 Å². The third-order valence-electron chi connectivity index (χ3n) is 6.00. The van der Waals surface area contributed by atoms with Crippen LogP contribution in [0.2, 0.25) is 0 Å². The average Bonchev–Trinajstić information content (AvgIpc) is 3.47. The molecule has 0 bridgehead atoms. The number of aromatic nitrogens is 1. The zero-order valence-corrected chi connectivity index (χ0v) is 20.1. The van der Waals surface area contributed by atoms with E-state index in [2.05, 4.69) is 39.9 Å². The fraction of sp³-hybridized carbons (Fsp3) is 0.308. The molecule has 0 fully saturated rings. The zero-order chi connectivity index (χ0) is 24.8. The highest BCUT2D eigenvalue weighted by molar-refractivity contribution is 7.13. The molecule has 3 N–H and O–H groups in total. The molecule has 3 aromatic rings. The van der Waals surface area contributed by atoms with Crippen molar-refractivity contribution in [2.45, 2.75) is 32.2 Å². The Hall–Kier alpha value is -3.72. The Morgan fingerprint density at radius 1 is 1.06 bits per heavy atom. The third-order valence-corrected chi connectivity index (χ3v) is 7.00. The Bertz CT molecular complexity index is 1180. The van der Waals surface area contributed by atoms with E-state index in [1.807, 2.05) is 31.2 Å². The van der Waals surface area contributed by atoms with Crippen LogP contribution in [-0.4, -0.2) is 41.2 Å². The Morgan fingerprint density at radius 3 is 2.34 bits per heavy atom. The smallest absolute Gasteiger partial charge is 0.407 e. The lowest BCUT2D eigenvalue weighted by Crippen LogP contribution is -2.32. The number of carboxylic acids is 1. The first-order valence-corrected chi connectivity index (χ1v) is 12.3.